The minimum atomic E-state index is -0.482. The van der Waals surface area contributed by atoms with Crippen molar-refractivity contribution >= 4 is 35.4 Å². The van der Waals surface area contributed by atoms with Crippen LogP contribution in [0.3, 0.4) is 0 Å². The Labute approximate surface area is 142 Å². The van der Waals surface area contributed by atoms with Gasteiger partial charge in [0, 0.05) is 16.6 Å². The lowest BCUT2D eigenvalue weighted by Gasteiger charge is -2.03. The molecular formula is C18H14N2O3S. The molecular weight excluding hydrogens is 324 g/mol. The number of esters is 1. The molecule has 6 heteroatoms. The van der Waals surface area contributed by atoms with Crippen LogP contribution in [0.4, 0.5) is 0 Å². The van der Waals surface area contributed by atoms with Crippen molar-refractivity contribution in [1.82, 2.24) is 9.78 Å². The first-order valence-corrected chi connectivity index (χ1v) is 8.05. The number of ether oxygens (including phenoxy) is 1. The van der Waals surface area contributed by atoms with Crippen molar-refractivity contribution in [2.24, 2.45) is 0 Å². The second kappa shape index (κ2) is 7.06. The minimum absolute atomic E-state index is 0.309. The maximum absolute atomic E-state index is 12.5. The first kappa shape index (κ1) is 15.9. The summed E-state index contributed by atoms with van der Waals surface area (Å²) in [6, 6.07) is 12.1. The number of aromatic nitrogens is 2. The molecule has 0 saturated carbocycles. The molecule has 0 atom stereocenters. The maximum atomic E-state index is 12.5. The van der Waals surface area contributed by atoms with Crippen molar-refractivity contribution in [2.45, 2.75) is 0 Å². The summed E-state index contributed by atoms with van der Waals surface area (Å²) in [4.78, 5) is 25.2. The lowest BCUT2D eigenvalue weighted by atomic mass is 10.1. The van der Waals surface area contributed by atoms with Gasteiger partial charge in [0.15, 0.2) is 0 Å². The molecule has 0 amide bonds. The third-order valence-corrected chi connectivity index (χ3v) is 4.15. The first-order chi connectivity index (χ1) is 11.7. The topological polar surface area (TPSA) is 61.2 Å². The Balaban J connectivity index is 1.80. The van der Waals surface area contributed by atoms with E-state index in [1.807, 2.05) is 29.7 Å². The van der Waals surface area contributed by atoms with E-state index in [9.17, 15) is 9.59 Å². The number of rotatable bonds is 4. The van der Waals surface area contributed by atoms with Crippen molar-refractivity contribution in [3.63, 3.8) is 0 Å². The van der Waals surface area contributed by atoms with Crippen LogP contribution < -0.4 is 0 Å². The van der Waals surface area contributed by atoms with Crippen molar-refractivity contribution in [2.75, 3.05) is 7.11 Å². The predicted octanol–water partition coefficient (Wildman–Crippen LogP) is 3.59. The number of carbonyl (C=O) groups is 2. The van der Waals surface area contributed by atoms with Gasteiger partial charge in [-0.25, -0.2) is 9.48 Å². The number of methoxy groups -OCH3 is 1. The van der Waals surface area contributed by atoms with Crippen molar-refractivity contribution in [3.8, 4) is 0 Å². The zero-order valence-corrected chi connectivity index (χ0v) is 13.7. The van der Waals surface area contributed by atoms with Crippen LogP contribution in [0.5, 0.6) is 0 Å². The Hall–Kier alpha value is -2.99. The molecule has 1 aromatic carbocycles. The Bertz CT molecular complexity index is 895. The van der Waals surface area contributed by atoms with E-state index in [-0.39, 0.29) is 5.91 Å². The van der Waals surface area contributed by atoms with Crippen LogP contribution in [0.25, 0.3) is 12.2 Å². The van der Waals surface area contributed by atoms with E-state index in [0.29, 0.717) is 16.8 Å². The number of hydrogen-bond donors (Lipinski definition) is 0. The lowest BCUT2D eigenvalue weighted by molar-refractivity contribution is 0.0600. The van der Waals surface area contributed by atoms with Gasteiger partial charge >= 0.3 is 5.97 Å². The summed E-state index contributed by atoms with van der Waals surface area (Å²) >= 11 is 1.63. The molecule has 0 spiro atoms. The van der Waals surface area contributed by atoms with Gasteiger partial charge in [0.25, 0.3) is 5.91 Å². The van der Waals surface area contributed by atoms with Crippen molar-refractivity contribution < 1.29 is 14.3 Å². The van der Waals surface area contributed by atoms with Gasteiger partial charge in [0.2, 0.25) is 0 Å². The maximum Gasteiger partial charge on any atom is 0.337 e. The zero-order valence-electron chi connectivity index (χ0n) is 12.9. The van der Waals surface area contributed by atoms with Crippen LogP contribution in [0.1, 0.15) is 31.3 Å². The van der Waals surface area contributed by atoms with E-state index < -0.39 is 5.97 Å². The highest BCUT2D eigenvalue weighted by Crippen LogP contribution is 2.13. The molecule has 0 aliphatic heterocycles. The fourth-order valence-electron chi connectivity index (χ4n) is 2.12. The van der Waals surface area contributed by atoms with Crippen LogP contribution >= 0.6 is 11.3 Å². The van der Waals surface area contributed by atoms with Gasteiger partial charge in [-0.2, -0.15) is 5.10 Å². The fourth-order valence-corrected chi connectivity index (χ4v) is 2.74. The molecule has 24 heavy (non-hydrogen) atoms. The molecule has 0 N–H and O–H groups in total. The molecule has 3 aromatic rings. The van der Waals surface area contributed by atoms with Gasteiger partial charge in [-0.05, 0) is 47.9 Å². The lowest BCUT2D eigenvalue weighted by Crippen LogP contribution is -2.13. The summed E-state index contributed by atoms with van der Waals surface area (Å²) in [7, 11) is 1.30. The van der Waals surface area contributed by atoms with Gasteiger partial charge in [0.05, 0.1) is 18.4 Å². The predicted molar refractivity (Wildman–Crippen MR) is 93.0 cm³/mol. The first-order valence-electron chi connectivity index (χ1n) is 7.18. The van der Waals surface area contributed by atoms with Gasteiger partial charge in [-0.1, -0.05) is 12.1 Å². The second-order valence-corrected chi connectivity index (χ2v) is 5.89. The zero-order chi connectivity index (χ0) is 16.9. The van der Waals surface area contributed by atoms with Crippen LogP contribution in [0.2, 0.25) is 0 Å². The number of benzene rings is 1. The highest BCUT2D eigenvalue weighted by molar-refractivity contribution is 7.10. The monoisotopic (exact) mass is 338 g/mol. The normalized spacial score (nSPS) is 10.9. The molecule has 2 aromatic heterocycles. The Morgan fingerprint density at radius 2 is 1.96 bits per heavy atom. The third-order valence-electron chi connectivity index (χ3n) is 3.31. The quantitative estimate of drug-likeness (QED) is 0.682. The summed E-state index contributed by atoms with van der Waals surface area (Å²) in [5.41, 5.74) is 1.38. The van der Waals surface area contributed by atoms with E-state index in [2.05, 4.69) is 9.84 Å². The highest BCUT2D eigenvalue weighted by Gasteiger charge is 2.13. The van der Waals surface area contributed by atoms with Crippen LogP contribution in [-0.2, 0) is 4.74 Å². The molecule has 0 radical (unpaired) electrons. The summed E-state index contributed by atoms with van der Waals surface area (Å²) in [6.45, 7) is 0. The fraction of sp³-hybridized carbons (Fsp3) is 0.0556. The number of nitrogens with zero attached hydrogens (tertiary/aromatic N) is 2. The Morgan fingerprint density at radius 1 is 1.12 bits per heavy atom. The molecule has 0 aliphatic carbocycles. The van der Waals surface area contributed by atoms with E-state index >= 15 is 0 Å². The minimum Gasteiger partial charge on any atom is -0.465 e. The number of hydrogen-bond acceptors (Lipinski definition) is 5. The molecule has 120 valence electrons. The number of thiophene rings is 1. The standard InChI is InChI=1S/C18H14N2O3S/c1-23-18(22)14-5-2-4-13(12-14)17(21)20-10-9-15(19-20)7-8-16-6-3-11-24-16/h2-12H,1H3/b8-7+. The summed E-state index contributed by atoms with van der Waals surface area (Å²) < 4.78 is 5.92. The molecule has 2 heterocycles. The summed E-state index contributed by atoms with van der Waals surface area (Å²) in [5.74, 6) is -0.791. The Kier molecular flexibility index (Phi) is 4.67. The van der Waals surface area contributed by atoms with Crippen LogP contribution in [0.15, 0.2) is 54.0 Å². The van der Waals surface area contributed by atoms with E-state index in [1.165, 1.54) is 17.9 Å². The van der Waals surface area contributed by atoms with Gasteiger partial charge in [-0.3, -0.25) is 4.79 Å². The van der Waals surface area contributed by atoms with Gasteiger partial charge < -0.3 is 4.74 Å². The van der Waals surface area contributed by atoms with Crippen molar-refractivity contribution in [1.29, 1.82) is 0 Å². The van der Waals surface area contributed by atoms with Gasteiger partial charge in [-0.15, -0.1) is 11.3 Å². The largest absolute Gasteiger partial charge is 0.465 e. The molecule has 5 nitrogen and oxygen atoms in total. The average Bonchev–Trinajstić information content (AvgIpc) is 3.30. The summed E-state index contributed by atoms with van der Waals surface area (Å²) in [5, 5.41) is 6.25. The van der Waals surface area contributed by atoms with Gasteiger partial charge in [0.1, 0.15) is 0 Å². The SMILES string of the molecule is COC(=O)c1cccc(C(=O)n2ccc(/C=C/c3cccs3)n2)c1. The second-order valence-electron chi connectivity index (χ2n) is 4.91. The molecule has 0 aliphatic rings. The van der Waals surface area contributed by atoms with Crippen LogP contribution in [-0.4, -0.2) is 28.8 Å². The molecule has 0 fully saturated rings. The molecule has 0 unspecified atom stereocenters. The highest BCUT2D eigenvalue weighted by atomic mass is 32.1. The van der Waals surface area contributed by atoms with Crippen LogP contribution in [0, 0.1) is 0 Å². The molecule has 0 saturated heterocycles. The third kappa shape index (κ3) is 3.49. The smallest absolute Gasteiger partial charge is 0.337 e. The van der Waals surface area contributed by atoms with E-state index in [0.717, 1.165) is 4.88 Å². The molecule has 3 rings (SSSR count). The summed E-state index contributed by atoms with van der Waals surface area (Å²) in [6.07, 6.45) is 5.39. The number of carbonyl (C=O) groups excluding carboxylic acids is 2. The average molecular weight is 338 g/mol. The van der Waals surface area contributed by atoms with E-state index in [4.69, 9.17) is 0 Å². The van der Waals surface area contributed by atoms with E-state index in [1.54, 1.807) is 41.8 Å². The van der Waals surface area contributed by atoms with Crippen molar-refractivity contribution in [3.05, 3.63) is 75.7 Å². The Morgan fingerprint density at radius 3 is 2.71 bits per heavy atom. The molecule has 0 bridgehead atoms.